The van der Waals surface area contributed by atoms with Crippen molar-refractivity contribution in [3.63, 3.8) is 0 Å². The molecule has 0 heterocycles. The Morgan fingerprint density at radius 2 is 1.83 bits per heavy atom. The summed E-state index contributed by atoms with van der Waals surface area (Å²) in [6, 6.07) is -0.874. The molecule has 0 unspecified atom stereocenters. The van der Waals surface area contributed by atoms with Crippen LogP contribution in [-0.4, -0.2) is 53.3 Å². The number of thiol groups is 2. The van der Waals surface area contributed by atoms with Gasteiger partial charge in [0.15, 0.2) is 0 Å². The molecule has 0 spiro atoms. The van der Waals surface area contributed by atoms with E-state index in [1.165, 1.54) is 6.92 Å². The Labute approximate surface area is 139 Å². The summed E-state index contributed by atoms with van der Waals surface area (Å²) in [5.41, 5.74) is 0. The van der Waals surface area contributed by atoms with Crippen LogP contribution >= 0.6 is 25.3 Å². The van der Waals surface area contributed by atoms with Gasteiger partial charge in [-0.15, -0.1) is 0 Å². The molecule has 1 atom stereocenters. The molecule has 18 heavy (non-hydrogen) atoms. The second-order valence-corrected chi connectivity index (χ2v) is 5.10. The van der Waals surface area contributed by atoms with E-state index in [2.05, 4.69) is 30.6 Å². The van der Waals surface area contributed by atoms with Crippen LogP contribution in [0.4, 0.5) is 0 Å². The van der Waals surface area contributed by atoms with Crippen molar-refractivity contribution in [2.24, 2.45) is 0 Å². The molecule has 0 fully saturated rings. The summed E-state index contributed by atoms with van der Waals surface area (Å²) in [6.07, 6.45) is 0. The van der Waals surface area contributed by atoms with Gasteiger partial charge in [-0.2, -0.15) is 25.3 Å². The van der Waals surface area contributed by atoms with Crippen molar-refractivity contribution in [3.8, 4) is 0 Å². The van der Waals surface area contributed by atoms with Crippen LogP contribution in [0.15, 0.2) is 0 Å². The summed E-state index contributed by atoms with van der Waals surface area (Å²) in [4.78, 5) is 20.5. The maximum Gasteiger partial charge on any atom is 1.00 e. The molecule has 0 aliphatic carbocycles. The minimum Gasteiger partial charge on any atom is -0.748 e. The van der Waals surface area contributed by atoms with Crippen LogP contribution in [0.3, 0.4) is 0 Å². The Balaban J connectivity index is -0.000000251. The molecule has 7 nitrogen and oxygen atoms in total. The Morgan fingerprint density at radius 1 is 1.39 bits per heavy atom. The maximum atomic E-state index is 10.3. The Bertz CT molecular complexity index is 347. The van der Waals surface area contributed by atoms with Crippen molar-refractivity contribution in [3.05, 3.63) is 0 Å². The normalized spacial score (nSPS) is 11.3. The predicted octanol–water partition coefficient (Wildman–Crippen LogP) is -4.03. The van der Waals surface area contributed by atoms with Crippen LogP contribution in [0.1, 0.15) is 6.92 Å². The minimum absolute atomic E-state index is 0. The van der Waals surface area contributed by atoms with E-state index in [4.69, 9.17) is 5.11 Å². The predicted molar refractivity (Wildman–Crippen MR) is 67.5 cm³/mol. The average Bonchev–Trinajstić information content (AvgIpc) is 2.12. The van der Waals surface area contributed by atoms with Crippen LogP contribution in [0.2, 0.25) is 0 Å². The Morgan fingerprint density at radius 3 is 1.89 bits per heavy atom. The summed E-state index contributed by atoms with van der Waals surface area (Å²) >= 11 is 7.27. The third-order valence-electron chi connectivity index (χ3n) is 1.20. The number of hydrogen-bond donors (Lipinski definition) is 4. The first kappa shape index (κ1) is 23.6. The number of rotatable bonds is 5. The zero-order valence-corrected chi connectivity index (χ0v) is 14.6. The number of carboxylic acids is 1. The van der Waals surface area contributed by atoms with Crippen LogP contribution in [0, 0.1) is 0 Å². The molecule has 0 aliphatic rings. The summed E-state index contributed by atoms with van der Waals surface area (Å²) in [6.45, 7) is 1.26. The van der Waals surface area contributed by atoms with E-state index in [9.17, 15) is 22.6 Å². The molecule has 1 amide bonds. The van der Waals surface area contributed by atoms with Crippen LogP contribution in [-0.2, 0) is 19.7 Å². The van der Waals surface area contributed by atoms with E-state index in [1.807, 2.05) is 0 Å². The van der Waals surface area contributed by atoms with Gasteiger partial charge in [0.1, 0.15) is 6.04 Å². The summed E-state index contributed by atoms with van der Waals surface area (Å²) in [5, 5.41) is 10.6. The van der Waals surface area contributed by atoms with E-state index >= 15 is 0 Å². The number of amides is 1. The first-order chi connectivity index (χ1) is 7.64. The number of carboxylic acid groups (broad SMARTS) is 1. The van der Waals surface area contributed by atoms with Crippen molar-refractivity contribution in [2.75, 3.05) is 17.3 Å². The first-order valence-electron chi connectivity index (χ1n) is 4.29. The largest absolute Gasteiger partial charge is 1.00 e. The number of aliphatic carboxylic acids is 1. The van der Waals surface area contributed by atoms with E-state index in [1.54, 1.807) is 0 Å². The summed E-state index contributed by atoms with van der Waals surface area (Å²) in [7, 11) is -4.00. The van der Waals surface area contributed by atoms with Crippen molar-refractivity contribution in [1.29, 1.82) is 0 Å². The molecule has 0 saturated carbocycles. The van der Waals surface area contributed by atoms with Gasteiger partial charge < -0.3 is 15.0 Å². The number of carbonyl (C=O) groups is 2. The zero-order chi connectivity index (χ0) is 14.1. The van der Waals surface area contributed by atoms with Gasteiger partial charge in [-0.3, -0.25) is 4.79 Å². The van der Waals surface area contributed by atoms with Crippen LogP contribution in [0.25, 0.3) is 0 Å². The molecule has 2 N–H and O–H groups in total. The second kappa shape index (κ2) is 12.6. The molecule has 11 heteroatoms. The molecule has 0 radical (unpaired) electrons. The smallest absolute Gasteiger partial charge is 0.748 e. The van der Waals surface area contributed by atoms with Crippen LogP contribution < -0.4 is 34.9 Å². The van der Waals surface area contributed by atoms with E-state index in [-0.39, 0.29) is 52.7 Å². The number of carbonyl (C=O) groups excluding carboxylic acids is 1. The minimum atomic E-state index is -4.00. The zero-order valence-electron chi connectivity index (χ0n) is 9.99. The molecule has 0 saturated heterocycles. The third-order valence-corrected chi connectivity index (χ3v) is 2.79. The van der Waals surface area contributed by atoms with Crippen molar-refractivity contribution < 1.29 is 57.2 Å². The number of nitrogens with one attached hydrogen (secondary N) is 1. The van der Waals surface area contributed by atoms with Gasteiger partial charge in [-0.05, 0) is 0 Å². The topological polar surface area (TPSA) is 124 Å². The second-order valence-electron chi connectivity index (χ2n) is 2.76. The maximum absolute atomic E-state index is 10.3. The molecule has 0 bridgehead atoms. The Hall–Kier alpha value is 0.550. The van der Waals surface area contributed by atoms with Gasteiger partial charge in [-0.1, -0.05) is 0 Å². The van der Waals surface area contributed by atoms with Crippen molar-refractivity contribution in [2.45, 2.75) is 13.0 Å². The fraction of sp³-hybridized carbons (Fsp3) is 0.714. The molecular formula is C7H14NNaO6S3. The molecule has 0 aromatic rings. The molecule has 0 rings (SSSR count). The molecule has 102 valence electrons. The summed E-state index contributed by atoms with van der Waals surface area (Å²) < 4.78 is 28.9. The first-order valence-corrected chi connectivity index (χ1v) is 7.13. The fourth-order valence-corrected chi connectivity index (χ4v) is 1.68. The monoisotopic (exact) mass is 327 g/mol. The van der Waals surface area contributed by atoms with E-state index < -0.39 is 22.1 Å². The van der Waals surface area contributed by atoms with Crippen molar-refractivity contribution in [1.82, 2.24) is 5.32 Å². The molecule has 0 aliphatic heterocycles. The standard InChI is InChI=1S/C5H9NO3S.C2H6O3S2.Na/c1-3(7)6-4(2-10)5(8)9;3-7(4,5)2-1-6;/h4,10H,2H2,1H3,(H,6,7)(H,8,9);6H,1-2H2,(H,3,4,5);/q;;+1/p-1/t4-;;/m0../s1. The SMILES string of the molecule is CC(=O)N[C@@H](CS)C(=O)O.O=S(=O)([O-])CCS.[Na+]. The fourth-order valence-electron chi connectivity index (χ4n) is 0.543. The number of hydrogen-bond acceptors (Lipinski definition) is 7. The van der Waals surface area contributed by atoms with Gasteiger partial charge in [0, 0.05) is 24.2 Å². The average molecular weight is 327 g/mol. The van der Waals surface area contributed by atoms with Crippen molar-refractivity contribution >= 4 is 47.3 Å². The summed E-state index contributed by atoms with van der Waals surface area (Å²) in [5.74, 6) is -1.59. The van der Waals surface area contributed by atoms with Crippen LogP contribution in [0.5, 0.6) is 0 Å². The van der Waals surface area contributed by atoms with E-state index in [0.717, 1.165) is 0 Å². The van der Waals surface area contributed by atoms with Gasteiger partial charge in [0.2, 0.25) is 5.91 Å². The van der Waals surface area contributed by atoms with Gasteiger partial charge in [0.25, 0.3) is 0 Å². The molecule has 0 aromatic heterocycles. The van der Waals surface area contributed by atoms with Gasteiger partial charge >= 0.3 is 35.5 Å². The van der Waals surface area contributed by atoms with Gasteiger partial charge in [-0.25, -0.2) is 13.2 Å². The van der Waals surface area contributed by atoms with Gasteiger partial charge in [0.05, 0.1) is 10.1 Å². The Kier molecular flexibility index (Phi) is 16.5. The molecular weight excluding hydrogens is 313 g/mol. The quantitative estimate of drug-likeness (QED) is 0.232. The van der Waals surface area contributed by atoms with E-state index in [0.29, 0.717) is 0 Å². The molecule has 0 aromatic carbocycles. The third kappa shape index (κ3) is 18.9.